The van der Waals surface area contributed by atoms with Gasteiger partial charge in [0.2, 0.25) is 0 Å². The number of hydrogen-bond donors (Lipinski definition) is 1. The van der Waals surface area contributed by atoms with Crippen LogP contribution >= 0.6 is 0 Å². The quantitative estimate of drug-likeness (QED) is 0.683. The van der Waals surface area contributed by atoms with Crippen molar-refractivity contribution < 1.29 is 0 Å². The van der Waals surface area contributed by atoms with Crippen molar-refractivity contribution in [3.05, 3.63) is 30.1 Å². The molecule has 4 fully saturated rings. The molecule has 1 aromatic carbocycles. The van der Waals surface area contributed by atoms with Gasteiger partial charge >= 0.3 is 0 Å². The van der Waals surface area contributed by atoms with Crippen LogP contribution < -0.4 is 5.32 Å². The predicted molar refractivity (Wildman–Crippen MR) is 128 cm³/mol. The van der Waals surface area contributed by atoms with Gasteiger partial charge in [0.15, 0.2) is 0 Å². The molecule has 168 valence electrons. The summed E-state index contributed by atoms with van der Waals surface area (Å²) in [6, 6.07) is 12.0. The molecule has 4 heterocycles. The Bertz CT molecular complexity index is 860. The van der Waals surface area contributed by atoms with Crippen LogP contribution in [0.25, 0.3) is 11.0 Å². The molecule has 2 unspecified atom stereocenters. The van der Waals surface area contributed by atoms with Crippen LogP contribution in [0.5, 0.6) is 0 Å². The molecule has 1 saturated carbocycles. The van der Waals surface area contributed by atoms with E-state index in [2.05, 4.69) is 39.0 Å². The molecule has 1 aromatic heterocycles. The molecule has 1 N–H and O–H groups in total. The molecule has 4 nitrogen and oxygen atoms in total. The number of benzene rings is 1. The van der Waals surface area contributed by atoms with Crippen molar-refractivity contribution in [3.8, 4) is 0 Å². The second-order valence-electron chi connectivity index (χ2n) is 10.8. The molecule has 0 amide bonds. The largest absolute Gasteiger partial charge is 0.324 e. The van der Waals surface area contributed by atoms with E-state index in [1.807, 2.05) is 0 Å². The molecule has 2 bridgehead atoms. The van der Waals surface area contributed by atoms with Crippen molar-refractivity contribution in [1.82, 2.24) is 19.8 Å². The number of rotatable bonds is 3. The lowest BCUT2D eigenvalue weighted by atomic mass is 9.89. The second kappa shape index (κ2) is 8.86. The second-order valence-corrected chi connectivity index (χ2v) is 10.8. The zero-order valence-electron chi connectivity index (χ0n) is 19.1. The highest BCUT2D eigenvalue weighted by Crippen LogP contribution is 2.45. The molecule has 4 heteroatoms. The highest BCUT2D eigenvalue weighted by molar-refractivity contribution is 5.76. The van der Waals surface area contributed by atoms with Crippen LogP contribution in [0.4, 0.5) is 0 Å². The van der Waals surface area contributed by atoms with E-state index in [1.165, 1.54) is 107 Å². The Hall–Kier alpha value is -1.39. The lowest BCUT2D eigenvalue weighted by molar-refractivity contribution is 0.0495. The number of nitrogens with one attached hydrogen (secondary N) is 1. The highest BCUT2D eigenvalue weighted by Gasteiger charge is 2.45. The molecule has 4 aliphatic rings. The first-order valence-electron chi connectivity index (χ1n) is 13.3. The van der Waals surface area contributed by atoms with Crippen molar-refractivity contribution >= 4 is 11.0 Å². The number of hydrogen-bond acceptors (Lipinski definition) is 3. The summed E-state index contributed by atoms with van der Waals surface area (Å²) < 4.78 is 2.72. The Balaban J connectivity index is 1.29. The fourth-order valence-electron chi connectivity index (χ4n) is 7.53. The van der Waals surface area contributed by atoms with E-state index >= 15 is 0 Å². The van der Waals surface area contributed by atoms with Crippen molar-refractivity contribution in [2.24, 2.45) is 0 Å². The van der Waals surface area contributed by atoms with Crippen LogP contribution in [-0.4, -0.2) is 45.7 Å². The lowest BCUT2D eigenvalue weighted by Gasteiger charge is -2.45. The Kier molecular flexibility index (Phi) is 5.78. The van der Waals surface area contributed by atoms with E-state index < -0.39 is 0 Å². The van der Waals surface area contributed by atoms with Gasteiger partial charge in [-0.1, -0.05) is 44.2 Å². The molecule has 31 heavy (non-hydrogen) atoms. The maximum atomic E-state index is 5.22. The molecule has 2 aromatic rings. The Morgan fingerprint density at radius 2 is 1.48 bits per heavy atom. The minimum absolute atomic E-state index is 0.572. The van der Waals surface area contributed by atoms with E-state index in [4.69, 9.17) is 4.98 Å². The summed E-state index contributed by atoms with van der Waals surface area (Å²) in [5.41, 5.74) is 2.59. The molecule has 3 saturated heterocycles. The molecule has 3 aliphatic heterocycles. The van der Waals surface area contributed by atoms with Crippen molar-refractivity contribution in [1.29, 1.82) is 0 Å². The maximum absolute atomic E-state index is 5.22. The zero-order valence-corrected chi connectivity index (χ0v) is 19.1. The summed E-state index contributed by atoms with van der Waals surface area (Å²) in [5.74, 6) is 1.94. The van der Waals surface area contributed by atoms with Gasteiger partial charge in [0.1, 0.15) is 5.82 Å². The summed E-state index contributed by atoms with van der Waals surface area (Å²) in [5, 5.41) is 3.64. The number of imidazole rings is 1. The van der Waals surface area contributed by atoms with Gasteiger partial charge in [-0.3, -0.25) is 4.90 Å². The zero-order chi connectivity index (χ0) is 20.6. The van der Waals surface area contributed by atoms with E-state index in [0.717, 1.165) is 24.7 Å². The van der Waals surface area contributed by atoms with Gasteiger partial charge in [-0.05, 0) is 70.0 Å². The molecule has 0 radical (unpaired) electrons. The first-order valence-corrected chi connectivity index (χ1v) is 13.3. The molecular formula is C27H40N4. The van der Waals surface area contributed by atoms with Gasteiger partial charge in [-0.2, -0.15) is 0 Å². The van der Waals surface area contributed by atoms with Gasteiger partial charge in [0.25, 0.3) is 0 Å². The smallest absolute Gasteiger partial charge is 0.114 e. The molecule has 0 spiro atoms. The average Bonchev–Trinajstić information content (AvgIpc) is 3.29. The third kappa shape index (κ3) is 3.84. The summed E-state index contributed by atoms with van der Waals surface area (Å²) in [4.78, 5) is 8.25. The van der Waals surface area contributed by atoms with Crippen molar-refractivity contribution in [3.63, 3.8) is 0 Å². The first kappa shape index (κ1) is 20.2. The van der Waals surface area contributed by atoms with E-state index in [9.17, 15) is 0 Å². The molecule has 1 aliphatic carbocycles. The predicted octanol–water partition coefficient (Wildman–Crippen LogP) is 5.78. The van der Waals surface area contributed by atoms with Crippen LogP contribution in [0.15, 0.2) is 24.3 Å². The SMILES string of the molecule is c1ccc2c(c1)nc([C@@H]1CCCNC1)n2C1CC2CCC(C1)N2C1CCCCCCC1. The van der Waals surface area contributed by atoms with Crippen LogP contribution in [0, 0.1) is 0 Å². The molecular weight excluding hydrogens is 380 g/mol. The topological polar surface area (TPSA) is 33.1 Å². The number of fused-ring (bicyclic) bond motifs is 3. The monoisotopic (exact) mass is 420 g/mol. The van der Waals surface area contributed by atoms with Crippen LogP contribution in [0.1, 0.15) is 101 Å². The standard InChI is InChI=1S/C27H40N4/c1-2-4-10-21(11-5-3-1)30-22-14-15-23(30)18-24(17-22)31-26-13-7-6-12-25(26)29-27(31)20-9-8-16-28-19-20/h6-7,12-13,20-24,28H,1-5,8-11,14-19H2/t20-,22?,23?,24?/m1/s1. The number of para-hydroxylation sites is 2. The Labute approximate surface area is 187 Å². The molecule has 3 atom stereocenters. The summed E-state index contributed by atoms with van der Waals surface area (Å²) in [6.07, 6.45) is 18.3. The minimum atomic E-state index is 0.572. The fraction of sp³-hybridized carbons (Fsp3) is 0.741. The van der Waals surface area contributed by atoms with Crippen molar-refractivity contribution in [2.75, 3.05) is 13.1 Å². The number of aromatic nitrogens is 2. The summed E-state index contributed by atoms with van der Waals surface area (Å²) >= 11 is 0. The van der Waals surface area contributed by atoms with Gasteiger partial charge in [0.05, 0.1) is 11.0 Å². The third-order valence-corrected chi connectivity index (χ3v) is 8.91. The van der Waals surface area contributed by atoms with Gasteiger partial charge in [0, 0.05) is 36.6 Å². The van der Waals surface area contributed by atoms with Gasteiger partial charge in [-0.25, -0.2) is 4.98 Å². The first-order chi connectivity index (χ1) is 15.4. The van der Waals surface area contributed by atoms with Gasteiger partial charge in [-0.15, -0.1) is 0 Å². The Morgan fingerprint density at radius 3 is 2.23 bits per heavy atom. The van der Waals surface area contributed by atoms with Gasteiger partial charge < -0.3 is 9.88 Å². The van der Waals surface area contributed by atoms with Crippen LogP contribution in [0.2, 0.25) is 0 Å². The van der Waals surface area contributed by atoms with Crippen LogP contribution in [-0.2, 0) is 0 Å². The Morgan fingerprint density at radius 1 is 0.742 bits per heavy atom. The summed E-state index contributed by atoms with van der Waals surface area (Å²) in [6.45, 7) is 2.26. The molecule has 6 rings (SSSR count). The average molecular weight is 421 g/mol. The van der Waals surface area contributed by atoms with Crippen LogP contribution in [0.3, 0.4) is 0 Å². The minimum Gasteiger partial charge on any atom is -0.324 e. The fourth-order valence-corrected chi connectivity index (χ4v) is 7.53. The van der Waals surface area contributed by atoms with Crippen molar-refractivity contribution in [2.45, 2.75) is 114 Å². The number of nitrogens with zero attached hydrogens (tertiary/aromatic N) is 3. The third-order valence-electron chi connectivity index (χ3n) is 8.91. The number of piperidine rings is 2. The van der Waals surface area contributed by atoms with E-state index in [1.54, 1.807) is 0 Å². The highest BCUT2D eigenvalue weighted by atomic mass is 15.3. The maximum Gasteiger partial charge on any atom is 0.114 e. The lowest BCUT2D eigenvalue weighted by Crippen LogP contribution is -2.49. The normalized spacial score (nSPS) is 33.4. The summed E-state index contributed by atoms with van der Waals surface area (Å²) in [7, 11) is 0. The van der Waals surface area contributed by atoms with E-state index in [0.29, 0.717) is 12.0 Å². The van der Waals surface area contributed by atoms with E-state index in [-0.39, 0.29) is 0 Å².